The summed E-state index contributed by atoms with van der Waals surface area (Å²) in [5, 5.41) is 11.6. The largest absolute Gasteiger partial charge is 0.293 e. The third-order valence-electron chi connectivity index (χ3n) is 2.73. The third kappa shape index (κ3) is 3.35. The average molecular weight is 357 g/mol. The van der Waals surface area contributed by atoms with Gasteiger partial charge in [0.2, 0.25) is 5.95 Å². The maximum atomic E-state index is 13.7. The van der Waals surface area contributed by atoms with Crippen molar-refractivity contribution in [1.82, 2.24) is 25.0 Å². The molecule has 0 aliphatic heterocycles. The SMILES string of the molecule is CCn1cc(Br)c(C(=O)NN=Cc2cnn(CC)c2F)n1. The van der Waals surface area contributed by atoms with Gasteiger partial charge in [0.15, 0.2) is 5.69 Å². The second kappa shape index (κ2) is 6.61. The van der Waals surface area contributed by atoms with Crippen molar-refractivity contribution in [2.75, 3.05) is 0 Å². The van der Waals surface area contributed by atoms with Crippen LogP contribution in [0.1, 0.15) is 29.9 Å². The lowest BCUT2D eigenvalue weighted by Gasteiger charge is -1.97. The van der Waals surface area contributed by atoms with Crippen LogP contribution in [0.5, 0.6) is 0 Å². The molecule has 2 aromatic heterocycles. The first kappa shape index (κ1) is 15.4. The summed E-state index contributed by atoms with van der Waals surface area (Å²) in [7, 11) is 0. The number of aryl methyl sites for hydroxylation is 2. The van der Waals surface area contributed by atoms with Crippen molar-refractivity contribution in [3.8, 4) is 0 Å². The molecule has 0 saturated heterocycles. The summed E-state index contributed by atoms with van der Waals surface area (Å²) < 4.78 is 17.1. The Morgan fingerprint density at radius 3 is 2.86 bits per heavy atom. The number of aromatic nitrogens is 4. The van der Waals surface area contributed by atoms with Crippen LogP contribution in [-0.4, -0.2) is 31.7 Å². The summed E-state index contributed by atoms with van der Waals surface area (Å²) in [5.74, 6) is -0.972. The highest BCUT2D eigenvalue weighted by molar-refractivity contribution is 9.10. The van der Waals surface area contributed by atoms with Crippen molar-refractivity contribution in [3.63, 3.8) is 0 Å². The Kier molecular flexibility index (Phi) is 4.84. The Morgan fingerprint density at radius 2 is 2.29 bits per heavy atom. The van der Waals surface area contributed by atoms with Gasteiger partial charge in [0.25, 0.3) is 5.91 Å². The predicted octanol–water partition coefficient (Wildman–Crippen LogP) is 1.78. The highest BCUT2D eigenvalue weighted by Gasteiger charge is 2.14. The van der Waals surface area contributed by atoms with Crippen molar-refractivity contribution in [1.29, 1.82) is 0 Å². The molecule has 7 nitrogen and oxygen atoms in total. The average Bonchev–Trinajstić information content (AvgIpc) is 3.02. The molecule has 2 heterocycles. The van der Waals surface area contributed by atoms with E-state index in [9.17, 15) is 9.18 Å². The molecule has 1 N–H and O–H groups in total. The van der Waals surface area contributed by atoms with Gasteiger partial charge in [0.1, 0.15) is 0 Å². The lowest BCUT2D eigenvalue weighted by Crippen LogP contribution is -2.19. The first-order valence-corrected chi connectivity index (χ1v) is 7.13. The highest BCUT2D eigenvalue weighted by Crippen LogP contribution is 2.14. The molecule has 0 atom stereocenters. The molecular weight excluding hydrogens is 343 g/mol. The van der Waals surface area contributed by atoms with Crippen molar-refractivity contribution < 1.29 is 9.18 Å². The van der Waals surface area contributed by atoms with Crippen LogP contribution < -0.4 is 5.43 Å². The summed E-state index contributed by atoms with van der Waals surface area (Å²) >= 11 is 3.25. The number of hydrogen-bond acceptors (Lipinski definition) is 4. The molecule has 0 aliphatic rings. The Morgan fingerprint density at radius 1 is 1.52 bits per heavy atom. The van der Waals surface area contributed by atoms with Gasteiger partial charge in [0.05, 0.1) is 22.4 Å². The predicted molar refractivity (Wildman–Crippen MR) is 78.5 cm³/mol. The van der Waals surface area contributed by atoms with Crippen LogP contribution in [0.15, 0.2) is 22.0 Å². The number of halogens is 2. The van der Waals surface area contributed by atoms with Gasteiger partial charge in [-0.3, -0.25) is 9.48 Å². The van der Waals surface area contributed by atoms with Gasteiger partial charge in [-0.25, -0.2) is 10.1 Å². The molecule has 2 rings (SSSR count). The maximum absolute atomic E-state index is 13.7. The minimum Gasteiger partial charge on any atom is -0.271 e. The molecule has 0 aliphatic carbocycles. The maximum Gasteiger partial charge on any atom is 0.293 e. The molecule has 0 saturated carbocycles. The van der Waals surface area contributed by atoms with Gasteiger partial charge >= 0.3 is 0 Å². The number of hydrogen-bond donors (Lipinski definition) is 1. The molecule has 21 heavy (non-hydrogen) atoms. The quantitative estimate of drug-likeness (QED) is 0.655. The summed E-state index contributed by atoms with van der Waals surface area (Å²) in [5.41, 5.74) is 2.73. The Labute approximate surface area is 129 Å². The van der Waals surface area contributed by atoms with Gasteiger partial charge in [-0.15, -0.1) is 0 Å². The molecular formula is C12H14BrFN6O. The van der Waals surface area contributed by atoms with E-state index in [2.05, 4.69) is 36.7 Å². The zero-order valence-electron chi connectivity index (χ0n) is 11.5. The molecule has 0 spiro atoms. The molecule has 0 radical (unpaired) electrons. The van der Waals surface area contributed by atoms with Gasteiger partial charge in [0, 0.05) is 19.3 Å². The van der Waals surface area contributed by atoms with Crippen LogP contribution in [0.3, 0.4) is 0 Å². The highest BCUT2D eigenvalue weighted by atomic mass is 79.9. The molecule has 0 bridgehead atoms. The Hall–Kier alpha value is -2.03. The molecule has 0 unspecified atom stereocenters. The molecule has 2 aromatic rings. The monoisotopic (exact) mass is 356 g/mol. The fourth-order valence-corrected chi connectivity index (χ4v) is 2.11. The van der Waals surface area contributed by atoms with Crippen molar-refractivity contribution >= 4 is 28.1 Å². The fourth-order valence-electron chi connectivity index (χ4n) is 1.62. The number of nitrogens with one attached hydrogen (secondary N) is 1. The van der Waals surface area contributed by atoms with Gasteiger partial charge in [-0.1, -0.05) is 0 Å². The van der Waals surface area contributed by atoms with Gasteiger partial charge < -0.3 is 0 Å². The topological polar surface area (TPSA) is 77.1 Å². The minimum absolute atomic E-state index is 0.204. The van der Waals surface area contributed by atoms with Crippen LogP contribution in [0.2, 0.25) is 0 Å². The number of amides is 1. The van der Waals surface area contributed by atoms with Gasteiger partial charge in [-0.05, 0) is 29.8 Å². The van der Waals surface area contributed by atoms with Crippen LogP contribution in [0, 0.1) is 5.95 Å². The molecule has 112 valence electrons. The molecule has 0 aromatic carbocycles. The lowest BCUT2D eigenvalue weighted by molar-refractivity contribution is 0.0948. The number of carbonyl (C=O) groups is 1. The number of hydrazone groups is 1. The van der Waals surface area contributed by atoms with E-state index in [1.165, 1.54) is 17.1 Å². The van der Waals surface area contributed by atoms with E-state index in [1.807, 2.05) is 6.92 Å². The van der Waals surface area contributed by atoms with E-state index in [4.69, 9.17) is 0 Å². The second-order valence-corrected chi connectivity index (χ2v) is 4.94. The van der Waals surface area contributed by atoms with Crippen molar-refractivity contribution in [2.24, 2.45) is 5.10 Å². The first-order valence-electron chi connectivity index (χ1n) is 6.34. The smallest absolute Gasteiger partial charge is 0.271 e. The van der Waals surface area contributed by atoms with E-state index in [1.54, 1.807) is 17.8 Å². The van der Waals surface area contributed by atoms with Crippen molar-refractivity contribution in [3.05, 3.63) is 34.1 Å². The number of nitrogens with zero attached hydrogens (tertiary/aromatic N) is 5. The Bertz CT molecular complexity index is 677. The summed E-state index contributed by atoms with van der Waals surface area (Å²) in [6.07, 6.45) is 4.25. The van der Waals surface area contributed by atoms with E-state index < -0.39 is 11.9 Å². The number of carbonyl (C=O) groups excluding carboxylic acids is 1. The number of rotatable bonds is 5. The Balaban J connectivity index is 2.04. The zero-order chi connectivity index (χ0) is 15.4. The van der Waals surface area contributed by atoms with E-state index in [-0.39, 0.29) is 11.3 Å². The molecule has 9 heteroatoms. The van der Waals surface area contributed by atoms with Crippen LogP contribution in [-0.2, 0) is 13.1 Å². The fraction of sp³-hybridized carbons (Fsp3) is 0.333. The minimum atomic E-state index is -0.494. The zero-order valence-corrected chi connectivity index (χ0v) is 13.1. The lowest BCUT2D eigenvalue weighted by atomic mass is 10.4. The standard InChI is InChI=1S/C12H14BrFN6O/c1-3-19-7-9(13)10(18-19)12(21)17-15-5-8-6-16-20(4-2)11(8)14/h5-7H,3-4H2,1-2H3,(H,17,21). The van der Waals surface area contributed by atoms with Gasteiger partial charge in [-0.2, -0.15) is 19.7 Å². The van der Waals surface area contributed by atoms with E-state index in [0.717, 1.165) is 0 Å². The van der Waals surface area contributed by atoms with E-state index >= 15 is 0 Å². The second-order valence-electron chi connectivity index (χ2n) is 4.09. The van der Waals surface area contributed by atoms with Crippen LogP contribution >= 0.6 is 15.9 Å². The third-order valence-corrected chi connectivity index (χ3v) is 3.31. The van der Waals surface area contributed by atoms with E-state index in [0.29, 0.717) is 17.6 Å². The summed E-state index contributed by atoms with van der Waals surface area (Å²) in [4.78, 5) is 11.9. The molecule has 1 amide bonds. The summed E-state index contributed by atoms with van der Waals surface area (Å²) in [6, 6.07) is 0. The normalized spacial score (nSPS) is 11.2. The first-order chi connectivity index (χ1) is 10.1. The van der Waals surface area contributed by atoms with Crippen molar-refractivity contribution in [2.45, 2.75) is 26.9 Å². The van der Waals surface area contributed by atoms with Crippen LogP contribution in [0.25, 0.3) is 0 Å². The summed E-state index contributed by atoms with van der Waals surface area (Å²) in [6.45, 7) is 4.76. The molecule has 0 fully saturated rings. The van der Waals surface area contributed by atoms with Crippen LogP contribution in [0.4, 0.5) is 4.39 Å².